The van der Waals surface area contributed by atoms with Crippen molar-refractivity contribution in [2.24, 2.45) is 17.4 Å². The van der Waals surface area contributed by atoms with Crippen molar-refractivity contribution >= 4 is 23.7 Å². The number of carboxylic acid groups (broad SMARTS) is 1. The number of aliphatic carboxylic acids is 1. The fourth-order valence-electron chi connectivity index (χ4n) is 4.00. The number of nitrogens with one attached hydrogen (secondary N) is 3. The number of H-pyrrole nitrogens is 1. The summed E-state index contributed by atoms with van der Waals surface area (Å²) in [4.78, 5) is 58.6. The fraction of sp³-hybridized carbons (Fsp3) is 0.682. The lowest BCUT2D eigenvalue weighted by molar-refractivity contribution is -0.150. The third-order valence-corrected chi connectivity index (χ3v) is 5.96. The second kappa shape index (κ2) is 13.0. The first-order chi connectivity index (χ1) is 16.1. The van der Waals surface area contributed by atoms with Gasteiger partial charge in [-0.1, -0.05) is 13.8 Å². The van der Waals surface area contributed by atoms with E-state index < -0.39 is 47.9 Å². The number of imidazole rings is 1. The number of amides is 3. The highest BCUT2D eigenvalue weighted by Gasteiger charge is 2.39. The Hall–Kier alpha value is -2.99. The molecule has 0 aliphatic carbocycles. The monoisotopic (exact) mass is 479 g/mol. The van der Waals surface area contributed by atoms with E-state index in [4.69, 9.17) is 11.5 Å². The molecule has 3 amide bonds. The molecular formula is C22H37N7O5. The van der Waals surface area contributed by atoms with Crippen molar-refractivity contribution in [3.63, 3.8) is 0 Å². The van der Waals surface area contributed by atoms with Crippen LogP contribution in [-0.2, 0) is 25.6 Å². The van der Waals surface area contributed by atoms with Crippen LogP contribution in [0.3, 0.4) is 0 Å². The smallest absolute Gasteiger partial charge is 0.326 e. The zero-order valence-electron chi connectivity index (χ0n) is 19.8. The van der Waals surface area contributed by atoms with E-state index >= 15 is 0 Å². The number of likely N-dealkylation sites (tertiary alicyclic amines) is 1. The summed E-state index contributed by atoms with van der Waals surface area (Å²) in [6.45, 7) is 4.32. The average Bonchev–Trinajstić information content (AvgIpc) is 3.48. The van der Waals surface area contributed by atoms with E-state index in [1.54, 1.807) is 20.0 Å². The van der Waals surface area contributed by atoms with Crippen LogP contribution in [-0.4, -0.2) is 80.9 Å². The van der Waals surface area contributed by atoms with Crippen LogP contribution >= 0.6 is 0 Å². The van der Waals surface area contributed by atoms with Gasteiger partial charge in [-0.15, -0.1) is 0 Å². The molecule has 2 heterocycles. The van der Waals surface area contributed by atoms with Crippen LogP contribution in [0.5, 0.6) is 0 Å². The molecule has 1 aromatic rings. The Morgan fingerprint density at radius 3 is 2.56 bits per heavy atom. The predicted molar refractivity (Wildman–Crippen MR) is 124 cm³/mol. The van der Waals surface area contributed by atoms with Gasteiger partial charge in [0, 0.05) is 24.9 Å². The van der Waals surface area contributed by atoms with Crippen molar-refractivity contribution in [3.05, 3.63) is 18.2 Å². The highest BCUT2D eigenvalue weighted by molar-refractivity contribution is 5.94. The molecule has 12 nitrogen and oxygen atoms in total. The van der Waals surface area contributed by atoms with E-state index in [2.05, 4.69) is 20.6 Å². The number of carbonyl (C=O) groups is 4. The van der Waals surface area contributed by atoms with Gasteiger partial charge in [0.05, 0.1) is 12.4 Å². The third-order valence-electron chi connectivity index (χ3n) is 5.96. The maximum atomic E-state index is 13.2. The lowest BCUT2D eigenvalue weighted by Crippen LogP contribution is -2.58. The number of hydrogen-bond acceptors (Lipinski definition) is 7. The highest BCUT2D eigenvalue weighted by Crippen LogP contribution is 2.20. The molecule has 1 fully saturated rings. The topological polar surface area (TPSA) is 197 Å². The summed E-state index contributed by atoms with van der Waals surface area (Å²) in [5.41, 5.74) is 12.3. The van der Waals surface area contributed by atoms with Crippen molar-refractivity contribution in [2.45, 2.75) is 76.5 Å². The molecule has 0 bridgehead atoms. The first kappa shape index (κ1) is 27.3. The molecule has 1 aliphatic heterocycles. The van der Waals surface area contributed by atoms with Crippen LogP contribution in [0.15, 0.2) is 12.5 Å². The van der Waals surface area contributed by atoms with Crippen molar-refractivity contribution in [3.8, 4) is 0 Å². The molecule has 1 aliphatic rings. The standard InChI is InChI=1S/C22H37N7O5/c1-13(2)18(21(32)29-9-5-7-17(29)22(33)34)28-20(31)16(6-3-4-8-23)27-19(30)15(24)10-14-11-25-12-26-14/h11-13,15-18H,3-10,23-24H2,1-2H3,(H,25,26)(H,27,30)(H,28,31)(H,33,34). The summed E-state index contributed by atoms with van der Waals surface area (Å²) < 4.78 is 0. The Labute approximate surface area is 199 Å². The van der Waals surface area contributed by atoms with E-state index in [-0.39, 0.29) is 12.3 Å². The predicted octanol–water partition coefficient (Wildman–Crippen LogP) is -0.890. The van der Waals surface area contributed by atoms with Crippen LogP contribution in [0.1, 0.15) is 51.6 Å². The quantitative estimate of drug-likeness (QED) is 0.196. The summed E-state index contributed by atoms with van der Waals surface area (Å²) in [5.74, 6) is -2.79. The molecule has 190 valence electrons. The zero-order chi connectivity index (χ0) is 25.3. The molecule has 0 aromatic carbocycles. The number of hydrogen-bond donors (Lipinski definition) is 6. The minimum Gasteiger partial charge on any atom is -0.480 e. The Bertz CT molecular complexity index is 830. The molecule has 34 heavy (non-hydrogen) atoms. The summed E-state index contributed by atoms with van der Waals surface area (Å²) >= 11 is 0. The number of carboxylic acids is 1. The minimum atomic E-state index is -1.06. The number of aromatic amines is 1. The Morgan fingerprint density at radius 2 is 1.97 bits per heavy atom. The Morgan fingerprint density at radius 1 is 1.24 bits per heavy atom. The van der Waals surface area contributed by atoms with E-state index in [0.717, 1.165) is 0 Å². The van der Waals surface area contributed by atoms with Gasteiger partial charge < -0.3 is 37.1 Å². The molecule has 0 radical (unpaired) electrons. The lowest BCUT2D eigenvalue weighted by atomic mass is 10.0. The molecule has 1 aromatic heterocycles. The van der Waals surface area contributed by atoms with Gasteiger partial charge in [-0.2, -0.15) is 0 Å². The van der Waals surface area contributed by atoms with Gasteiger partial charge in [-0.3, -0.25) is 14.4 Å². The second-order valence-electron chi connectivity index (χ2n) is 8.99. The van der Waals surface area contributed by atoms with E-state index in [1.165, 1.54) is 11.2 Å². The van der Waals surface area contributed by atoms with Crippen LogP contribution in [0.25, 0.3) is 0 Å². The number of aromatic nitrogens is 2. The maximum absolute atomic E-state index is 13.2. The fourth-order valence-corrected chi connectivity index (χ4v) is 4.00. The first-order valence-electron chi connectivity index (χ1n) is 11.7. The van der Waals surface area contributed by atoms with Gasteiger partial charge in [0.15, 0.2) is 0 Å². The number of carbonyl (C=O) groups excluding carboxylic acids is 3. The van der Waals surface area contributed by atoms with Crippen LogP contribution in [0.2, 0.25) is 0 Å². The molecule has 4 atom stereocenters. The Kier molecular flexibility index (Phi) is 10.5. The lowest BCUT2D eigenvalue weighted by Gasteiger charge is -2.30. The molecule has 8 N–H and O–H groups in total. The van der Waals surface area contributed by atoms with Crippen molar-refractivity contribution in [1.29, 1.82) is 0 Å². The van der Waals surface area contributed by atoms with Crippen LogP contribution in [0, 0.1) is 5.92 Å². The summed E-state index contributed by atoms with van der Waals surface area (Å²) in [6, 6.07) is -3.62. The van der Waals surface area contributed by atoms with E-state index in [9.17, 15) is 24.3 Å². The van der Waals surface area contributed by atoms with Gasteiger partial charge in [0.2, 0.25) is 17.7 Å². The van der Waals surface area contributed by atoms with Gasteiger partial charge in [-0.25, -0.2) is 9.78 Å². The maximum Gasteiger partial charge on any atom is 0.326 e. The van der Waals surface area contributed by atoms with Crippen LogP contribution < -0.4 is 22.1 Å². The normalized spacial score (nSPS) is 18.4. The molecule has 4 unspecified atom stereocenters. The summed E-state index contributed by atoms with van der Waals surface area (Å²) in [7, 11) is 0. The SMILES string of the molecule is CC(C)C(NC(=O)C(CCCCN)NC(=O)C(N)Cc1cnc[nH]1)C(=O)N1CCCC1C(=O)O. The van der Waals surface area contributed by atoms with Gasteiger partial charge in [0.1, 0.15) is 18.1 Å². The number of nitrogens with two attached hydrogens (primary N) is 2. The van der Waals surface area contributed by atoms with Crippen molar-refractivity contribution in [1.82, 2.24) is 25.5 Å². The Balaban J connectivity index is 2.09. The number of nitrogens with zero attached hydrogens (tertiary/aromatic N) is 2. The van der Waals surface area contributed by atoms with Gasteiger partial charge >= 0.3 is 5.97 Å². The summed E-state index contributed by atoms with van der Waals surface area (Å²) in [6.07, 6.45) is 5.84. The van der Waals surface area contributed by atoms with E-state index in [0.29, 0.717) is 50.9 Å². The van der Waals surface area contributed by atoms with Crippen molar-refractivity contribution in [2.75, 3.05) is 13.1 Å². The zero-order valence-corrected chi connectivity index (χ0v) is 19.8. The highest BCUT2D eigenvalue weighted by atomic mass is 16.4. The first-order valence-corrected chi connectivity index (χ1v) is 11.7. The third kappa shape index (κ3) is 7.52. The molecule has 1 saturated heterocycles. The molecular weight excluding hydrogens is 442 g/mol. The minimum absolute atomic E-state index is 0.224. The van der Waals surface area contributed by atoms with Gasteiger partial charge in [-0.05, 0) is 44.6 Å². The largest absolute Gasteiger partial charge is 0.480 e. The second-order valence-corrected chi connectivity index (χ2v) is 8.99. The van der Waals surface area contributed by atoms with E-state index in [1.807, 2.05) is 0 Å². The molecule has 2 rings (SSSR count). The molecule has 0 spiro atoms. The van der Waals surface area contributed by atoms with Crippen molar-refractivity contribution < 1.29 is 24.3 Å². The average molecular weight is 480 g/mol. The molecule has 12 heteroatoms. The number of unbranched alkanes of at least 4 members (excludes halogenated alkanes) is 1. The number of rotatable bonds is 13. The van der Waals surface area contributed by atoms with Gasteiger partial charge in [0.25, 0.3) is 0 Å². The summed E-state index contributed by atoms with van der Waals surface area (Å²) in [5, 5.41) is 14.9. The van der Waals surface area contributed by atoms with Crippen LogP contribution in [0.4, 0.5) is 0 Å². The molecule has 0 saturated carbocycles.